The largest absolute Gasteiger partial charge is 0.466 e. The van der Waals surface area contributed by atoms with E-state index in [4.69, 9.17) is 9.15 Å². The third kappa shape index (κ3) is 2.19. The Morgan fingerprint density at radius 3 is 2.68 bits per heavy atom. The number of esters is 1. The number of hydrogen-bond donors (Lipinski definition) is 0. The maximum Gasteiger partial charge on any atom is 0.310 e. The highest BCUT2D eigenvalue weighted by atomic mass is 16.5. The SMILES string of the molecule is CCOC(=O)Cc1coc2cc3ccccc3cc12. The van der Waals surface area contributed by atoms with Gasteiger partial charge in [0, 0.05) is 10.9 Å². The van der Waals surface area contributed by atoms with Gasteiger partial charge in [-0.25, -0.2) is 0 Å². The second-order valence-electron chi connectivity index (χ2n) is 4.44. The van der Waals surface area contributed by atoms with Crippen LogP contribution in [-0.4, -0.2) is 12.6 Å². The molecule has 3 aromatic rings. The van der Waals surface area contributed by atoms with Crippen molar-refractivity contribution in [1.82, 2.24) is 0 Å². The van der Waals surface area contributed by atoms with E-state index in [2.05, 4.69) is 12.1 Å². The van der Waals surface area contributed by atoms with E-state index in [9.17, 15) is 4.79 Å². The van der Waals surface area contributed by atoms with Crippen molar-refractivity contribution in [1.29, 1.82) is 0 Å². The lowest BCUT2D eigenvalue weighted by molar-refractivity contribution is -0.142. The molecule has 0 saturated heterocycles. The van der Waals surface area contributed by atoms with E-state index in [0.717, 1.165) is 27.3 Å². The van der Waals surface area contributed by atoms with Crippen LogP contribution in [0, 0.1) is 0 Å². The van der Waals surface area contributed by atoms with Crippen LogP contribution >= 0.6 is 0 Å². The Labute approximate surface area is 110 Å². The minimum absolute atomic E-state index is 0.224. The number of benzene rings is 2. The summed E-state index contributed by atoms with van der Waals surface area (Å²) in [5.41, 5.74) is 1.68. The molecular formula is C16H14O3. The summed E-state index contributed by atoms with van der Waals surface area (Å²) < 4.78 is 10.5. The Morgan fingerprint density at radius 2 is 1.95 bits per heavy atom. The maximum absolute atomic E-state index is 11.6. The zero-order valence-corrected chi connectivity index (χ0v) is 10.7. The summed E-state index contributed by atoms with van der Waals surface area (Å²) in [4.78, 5) is 11.6. The first-order valence-corrected chi connectivity index (χ1v) is 6.32. The van der Waals surface area contributed by atoms with E-state index in [1.165, 1.54) is 0 Å². The van der Waals surface area contributed by atoms with Gasteiger partial charge in [-0.05, 0) is 29.8 Å². The van der Waals surface area contributed by atoms with Crippen LogP contribution in [0.2, 0.25) is 0 Å². The lowest BCUT2D eigenvalue weighted by atomic mass is 10.0. The van der Waals surface area contributed by atoms with E-state index < -0.39 is 0 Å². The van der Waals surface area contributed by atoms with Gasteiger partial charge in [-0.2, -0.15) is 0 Å². The number of fused-ring (bicyclic) bond motifs is 2. The van der Waals surface area contributed by atoms with Gasteiger partial charge >= 0.3 is 5.97 Å². The van der Waals surface area contributed by atoms with Gasteiger partial charge in [-0.15, -0.1) is 0 Å². The third-order valence-corrected chi connectivity index (χ3v) is 3.16. The molecule has 2 aromatic carbocycles. The van der Waals surface area contributed by atoms with Crippen LogP contribution in [0.1, 0.15) is 12.5 Å². The van der Waals surface area contributed by atoms with Crippen molar-refractivity contribution in [2.75, 3.05) is 6.61 Å². The standard InChI is InChI=1S/C16H14O3/c1-2-18-16(17)9-13-10-19-15-8-12-6-4-3-5-11(12)7-14(13)15/h3-8,10H,2,9H2,1H3. The normalized spacial score (nSPS) is 11.0. The molecule has 96 valence electrons. The number of hydrogen-bond acceptors (Lipinski definition) is 3. The van der Waals surface area contributed by atoms with Crippen molar-refractivity contribution in [3.63, 3.8) is 0 Å². The molecule has 0 aliphatic heterocycles. The predicted octanol–water partition coefficient (Wildman–Crippen LogP) is 3.69. The molecule has 3 heteroatoms. The van der Waals surface area contributed by atoms with Crippen molar-refractivity contribution >= 4 is 27.7 Å². The molecule has 0 atom stereocenters. The lowest BCUT2D eigenvalue weighted by Crippen LogP contribution is -2.06. The summed E-state index contributed by atoms with van der Waals surface area (Å²) in [5.74, 6) is -0.224. The van der Waals surface area contributed by atoms with Crippen molar-refractivity contribution in [3.8, 4) is 0 Å². The Kier molecular flexibility index (Phi) is 2.95. The molecule has 0 aliphatic carbocycles. The van der Waals surface area contributed by atoms with E-state index in [-0.39, 0.29) is 12.4 Å². The van der Waals surface area contributed by atoms with Crippen LogP contribution < -0.4 is 0 Å². The third-order valence-electron chi connectivity index (χ3n) is 3.16. The number of carbonyl (C=O) groups is 1. The maximum atomic E-state index is 11.6. The van der Waals surface area contributed by atoms with Gasteiger partial charge in [-0.3, -0.25) is 4.79 Å². The fraction of sp³-hybridized carbons (Fsp3) is 0.188. The zero-order chi connectivity index (χ0) is 13.2. The molecule has 0 saturated carbocycles. The molecule has 1 heterocycles. The van der Waals surface area contributed by atoms with Gasteiger partial charge in [0.1, 0.15) is 5.58 Å². The quantitative estimate of drug-likeness (QED) is 0.669. The molecule has 1 aromatic heterocycles. The highest BCUT2D eigenvalue weighted by Crippen LogP contribution is 2.27. The predicted molar refractivity (Wildman–Crippen MR) is 74.1 cm³/mol. The fourth-order valence-electron chi connectivity index (χ4n) is 2.27. The van der Waals surface area contributed by atoms with Crippen molar-refractivity contribution < 1.29 is 13.9 Å². The smallest absolute Gasteiger partial charge is 0.310 e. The van der Waals surface area contributed by atoms with Crippen LogP contribution in [0.5, 0.6) is 0 Å². The van der Waals surface area contributed by atoms with Gasteiger partial charge < -0.3 is 9.15 Å². The van der Waals surface area contributed by atoms with Gasteiger partial charge in [-0.1, -0.05) is 24.3 Å². The lowest BCUT2D eigenvalue weighted by Gasteiger charge is -2.01. The van der Waals surface area contributed by atoms with E-state index in [0.29, 0.717) is 6.61 Å². The topological polar surface area (TPSA) is 39.4 Å². The van der Waals surface area contributed by atoms with Gasteiger partial charge in [0.25, 0.3) is 0 Å². The van der Waals surface area contributed by atoms with Gasteiger partial charge in [0.15, 0.2) is 0 Å². The second-order valence-corrected chi connectivity index (χ2v) is 4.44. The fourth-order valence-corrected chi connectivity index (χ4v) is 2.27. The molecule has 3 nitrogen and oxygen atoms in total. The monoisotopic (exact) mass is 254 g/mol. The van der Waals surface area contributed by atoms with Gasteiger partial charge in [0.2, 0.25) is 0 Å². The Balaban J connectivity index is 2.06. The second kappa shape index (κ2) is 4.76. The van der Waals surface area contributed by atoms with Crippen LogP contribution in [0.15, 0.2) is 47.1 Å². The van der Waals surface area contributed by atoms with Crippen LogP contribution in [-0.2, 0) is 16.0 Å². The van der Waals surface area contributed by atoms with E-state index in [1.807, 2.05) is 24.3 Å². The van der Waals surface area contributed by atoms with E-state index in [1.54, 1.807) is 13.2 Å². The first kappa shape index (κ1) is 11.8. The minimum atomic E-state index is -0.224. The Morgan fingerprint density at radius 1 is 1.21 bits per heavy atom. The number of rotatable bonds is 3. The molecule has 3 rings (SSSR count). The summed E-state index contributed by atoms with van der Waals surface area (Å²) in [6.07, 6.45) is 1.89. The highest BCUT2D eigenvalue weighted by molar-refractivity contribution is 5.98. The summed E-state index contributed by atoms with van der Waals surface area (Å²) in [6.45, 7) is 2.20. The average Bonchev–Trinajstić information content (AvgIpc) is 2.79. The summed E-state index contributed by atoms with van der Waals surface area (Å²) in [7, 11) is 0. The molecule has 0 N–H and O–H groups in total. The molecule has 0 aliphatic rings. The number of ether oxygens (including phenoxy) is 1. The minimum Gasteiger partial charge on any atom is -0.466 e. The summed E-state index contributed by atoms with van der Waals surface area (Å²) in [6, 6.07) is 12.1. The Bertz CT molecular complexity index is 740. The molecule has 0 unspecified atom stereocenters. The van der Waals surface area contributed by atoms with Crippen LogP contribution in [0.4, 0.5) is 0 Å². The molecule has 0 spiro atoms. The summed E-state index contributed by atoms with van der Waals surface area (Å²) >= 11 is 0. The molecule has 19 heavy (non-hydrogen) atoms. The molecule has 0 amide bonds. The molecule has 0 bridgehead atoms. The molecule has 0 fully saturated rings. The average molecular weight is 254 g/mol. The van der Waals surface area contributed by atoms with Crippen molar-refractivity contribution in [3.05, 3.63) is 48.2 Å². The van der Waals surface area contributed by atoms with Crippen molar-refractivity contribution in [2.24, 2.45) is 0 Å². The number of carbonyl (C=O) groups excluding carboxylic acids is 1. The van der Waals surface area contributed by atoms with Crippen LogP contribution in [0.25, 0.3) is 21.7 Å². The van der Waals surface area contributed by atoms with Crippen LogP contribution in [0.3, 0.4) is 0 Å². The highest BCUT2D eigenvalue weighted by Gasteiger charge is 2.11. The number of furan rings is 1. The first-order valence-electron chi connectivity index (χ1n) is 6.32. The Hall–Kier alpha value is -2.29. The zero-order valence-electron chi connectivity index (χ0n) is 10.7. The molecular weight excluding hydrogens is 240 g/mol. The van der Waals surface area contributed by atoms with Crippen molar-refractivity contribution in [2.45, 2.75) is 13.3 Å². The molecule has 0 radical (unpaired) electrons. The van der Waals surface area contributed by atoms with Gasteiger partial charge in [0.05, 0.1) is 19.3 Å². The van der Waals surface area contributed by atoms with E-state index >= 15 is 0 Å². The summed E-state index contributed by atoms with van der Waals surface area (Å²) in [5, 5.41) is 3.25. The first-order chi connectivity index (χ1) is 9.28.